The predicted molar refractivity (Wildman–Crippen MR) is 69.2 cm³/mol. The molecular weight excluding hydrogens is 250 g/mol. The predicted octanol–water partition coefficient (Wildman–Crippen LogP) is 4.22. The first kappa shape index (κ1) is 13.0. The van der Waals surface area contributed by atoms with E-state index in [-0.39, 0.29) is 5.78 Å². The molecule has 0 aromatic heterocycles. The van der Waals surface area contributed by atoms with E-state index in [0.717, 1.165) is 6.42 Å². The van der Waals surface area contributed by atoms with Crippen LogP contribution in [-0.2, 0) is 0 Å². The Morgan fingerprint density at radius 2 is 1.87 bits per heavy atom. The van der Waals surface area contributed by atoms with Crippen LogP contribution < -0.4 is 0 Å². The number of hydrogen-bond acceptors (Lipinski definition) is 1. The lowest BCUT2D eigenvalue weighted by atomic mass is 9.96. The number of carbonyl (C=O) groups is 1. The molecule has 0 aliphatic heterocycles. The Morgan fingerprint density at radius 1 is 1.40 bits per heavy atom. The minimum absolute atomic E-state index is 0.0365. The van der Waals surface area contributed by atoms with Crippen molar-refractivity contribution in [2.45, 2.75) is 25.4 Å². The standard InChI is InChI=1S/C11H13Cl2OP/c1-3-11(2,15)10(14)9-7(12)5-4-6-8(9)13/h4-6H,3,15H2,1-2H3. The quantitative estimate of drug-likeness (QED) is 0.589. The Bertz CT molecular complexity index is 368. The van der Waals surface area contributed by atoms with E-state index in [1.165, 1.54) is 0 Å². The summed E-state index contributed by atoms with van der Waals surface area (Å²) in [6.45, 7) is 3.81. The second kappa shape index (κ2) is 4.82. The van der Waals surface area contributed by atoms with Crippen LogP contribution in [0.1, 0.15) is 30.6 Å². The fourth-order valence-electron chi connectivity index (χ4n) is 1.16. The first-order chi connectivity index (χ1) is 6.90. The average Bonchev–Trinajstić information content (AvgIpc) is 2.17. The van der Waals surface area contributed by atoms with Gasteiger partial charge in [0.05, 0.1) is 15.6 Å². The van der Waals surface area contributed by atoms with Gasteiger partial charge in [0.25, 0.3) is 0 Å². The van der Waals surface area contributed by atoms with Crippen molar-refractivity contribution in [2.75, 3.05) is 0 Å². The molecule has 0 fully saturated rings. The number of Topliss-reactive ketones (excluding diaryl/α,β-unsaturated/α-hetero) is 1. The van der Waals surface area contributed by atoms with Crippen molar-refractivity contribution >= 4 is 38.2 Å². The van der Waals surface area contributed by atoms with Crippen molar-refractivity contribution in [3.05, 3.63) is 33.8 Å². The molecule has 1 nitrogen and oxygen atoms in total. The van der Waals surface area contributed by atoms with E-state index >= 15 is 0 Å². The second-order valence-electron chi connectivity index (χ2n) is 3.70. The zero-order valence-corrected chi connectivity index (χ0v) is 11.3. The fraction of sp³-hybridized carbons (Fsp3) is 0.364. The summed E-state index contributed by atoms with van der Waals surface area (Å²) in [6.07, 6.45) is 0.720. The number of carbonyl (C=O) groups excluding carboxylic acids is 1. The van der Waals surface area contributed by atoms with Gasteiger partial charge in [-0.2, -0.15) is 0 Å². The zero-order chi connectivity index (χ0) is 11.6. The number of halogens is 2. The zero-order valence-electron chi connectivity index (χ0n) is 8.68. The number of rotatable bonds is 3. The molecule has 0 aliphatic carbocycles. The fourth-order valence-corrected chi connectivity index (χ4v) is 1.87. The number of ketones is 1. The SMILES string of the molecule is CCC(C)(P)C(=O)c1c(Cl)cccc1Cl. The highest BCUT2D eigenvalue weighted by atomic mass is 35.5. The van der Waals surface area contributed by atoms with Crippen molar-refractivity contribution < 1.29 is 4.79 Å². The van der Waals surface area contributed by atoms with Crippen molar-refractivity contribution in [3.63, 3.8) is 0 Å². The lowest BCUT2D eigenvalue weighted by Gasteiger charge is -2.21. The Labute approximate surface area is 102 Å². The molecular formula is C11H13Cl2OP. The van der Waals surface area contributed by atoms with Crippen molar-refractivity contribution in [3.8, 4) is 0 Å². The van der Waals surface area contributed by atoms with Gasteiger partial charge in [-0.05, 0) is 25.5 Å². The van der Waals surface area contributed by atoms with Gasteiger partial charge in [-0.1, -0.05) is 36.2 Å². The maximum absolute atomic E-state index is 12.1. The summed E-state index contributed by atoms with van der Waals surface area (Å²) >= 11 is 11.9. The first-order valence-corrected chi connectivity index (χ1v) is 6.01. The van der Waals surface area contributed by atoms with Gasteiger partial charge in [-0.15, -0.1) is 9.24 Å². The molecule has 0 spiro atoms. The van der Waals surface area contributed by atoms with Gasteiger partial charge in [0.15, 0.2) is 5.78 Å². The minimum Gasteiger partial charge on any atom is -0.293 e. The number of benzene rings is 1. The third-order valence-corrected chi connectivity index (χ3v) is 3.74. The molecule has 1 rings (SSSR count). The highest BCUT2D eigenvalue weighted by molar-refractivity contribution is 7.21. The van der Waals surface area contributed by atoms with Crippen LogP contribution in [0.3, 0.4) is 0 Å². The summed E-state index contributed by atoms with van der Waals surface area (Å²) in [5.41, 5.74) is 0.417. The molecule has 0 saturated carbocycles. The monoisotopic (exact) mass is 262 g/mol. The molecule has 0 N–H and O–H groups in total. The van der Waals surface area contributed by atoms with E-state index in [1.807, 2.05) is 13.8 Å². The molecule has 2 unspecified atom stereocenters. The van der Waals surface area contributed by atoms with Gasteiger partial charge in [0.2, 0.25) is 0 Å². The largest absolute Gasteiger partial charge is 0.293 e. The van der Waals surface area contributed by atoms with Crippen LogP contribution in [-0.4, -0.2) is 10.9 Å². The normalized spacial score (nSPS) is 14.7. The Morgan fingerprint density at radius 3 is 2.27 bits per heavy atom. The summed E-state index contributed by atoms with van der Waals surface area (Å²) in [4.78, 5) is 12.1. The molecule has 1 aromatic carbocycles. The average molecular weight is 263 g/mol. The second-order valence-corrected chi connectivity index (χ2v) is 5.79. The summed E-state index contributed by atoms with van der Waals surface area (Å²) in [5, 5.41) is 0.318. The Hall–Kier alpha value is -0.100. The van der Waals surface area contributed by atoms with E-state index in [0.29, 0.717) is 15.6 Å². The van der Waals surface area contributed by atoms with Crippen molar-refractivity contribution in [2.24, 2.45) is 0 Å². The lowest BCUT2D eigenvalue weighted by molar-refractivity contribution is 0.0948. The van der Waals surface area contributed by atoms with Crippen LogP contribution in [0, 0.1) is 0 Å². The molecule has 0 saturated heterocycles. The first-order valence-electron chi connectivity index (χ1n) is 4.68. The molecule has 4 heteroatoms. The van der Waals surface area contributed by atoms with Crippen LogP contribution >= 0.6 is 32.4 Å². The molecule has 0 aliphatic rings. The Kier molecular flexibility index (Phi) is 4.17. The van der Waals surface area contributed by atoms with Gasteiger partial charge < -0.3 is 0 Å². The third-order valence-electron chi connectivity index (χ3n) is 2.44. The minimum atomic E-state index is -0.505. The topological polar surface area (TPSA) is 17.1 Å². The van der Waals surface area contributed by atoms with Gasteiger partial charge >= 0.3 is 0 Å². The molecule has 0 bridgehead atoms. The molecule has 15 heavy (non-hydrogen) atoms. The summed E-state index contributed by atoms with van der Waals surface area (Å²) in [6, 6.07) is 5.09. The molecule has 1 aromatic rings. The van der Waals surface area contributed by atoms with E-state index in [9.17, 15) is 4.79 Å². The van der Waals surface area contributed by atoms with Gasteiger partial charge in [-0.3, -0.25) is 4.79 Å². The van der Waals surface area contributed by atoms with Crippen molar-refractivity contribution in [1.82, 2.24) is 0 Å². The van der Waals surface area contributed by atoms with Gasteiger partial charge in [0.1, 0.15) is 0 Å². The van der Waals surface area contributed by atoms with E-state index in [1.54, 1.807) is 18.2 Å². The maximum Gasteiger partial charge on any atom is 0.175 e. The summed E-state index contributed by atoms with van der Waals surface area (Å²) in [7, 11) is 2.56. The Balaban J connectivity index is 3.23. The van der Waals surface area contributed by atoms with Crippen molar-refractivity contribution in [1.29, 1.82) is 0 Å². The van der Waals surface area contributed by atoms with Crippen LogP contribution in [0.2, 0.25) is 10.0 Å². The lowest BCUT2D eigenvalue weighted by Crippen LogP contribution is -2.27. The van der Waals surface area contributed by atoms with Gasteiger partial charge in [0, 0.05) is 5.16 Å². The molecule has 82 valence electrons. The third kappa shape index (κ3) is 2.72. The van der Waals surface area contributed by atoms with Crippen LogP contribution in [0.4, 0.5) is 0 Å². The molecule has 0 heterocycles. The molecule has 0 radical (unpaired) electrons. The molecule has 0 amide bonds. The van der Waals surface area contributed by atoms with Crippen LogP contribution in [0.15, 0.2) is 18.2 Å². The summed E-state index contributed by atoms with van der Waals surface area (Å²) < 4.78 is 0. The maximum atomic E-state index is 12.1. The highest BCUT2D eigenvalue weighted by Crippen LogP contribution is 2.33. The van der Waals surface area contributed by atoms with Crippen LogP contribution in [0.5, 0.6) is 0 Å². The van der Waals surface area contributed by atoms with Crippen LogP contribution in [0.25, 0.3) is 0 Å². The smallest absolute Gasteiger partial charge is 0.175 e. The van der Waals surface area contributed by atoms with E-state index < -0.39 is 5.16 Å². The highest BCUT2D eigenvalue weighted by Gasteiger charge is 2.29. The number of hydrogen-bond donors (Lipinski definition) is 0. The van der Waals surface area contributed by atoms with E-state index in [4.69, 9.17) is 23.2 Å². The van der Waals surface area contributed by atoms with Gasteiger partial charge in [-0.25, -0.2) is 0 Å². The molecule has 2 atom stereocenters. The summed E-state index contributed by atoms with van der Waals surface area (Å²) in [5.74, 6) is -0.0365. The van der Waals surface area contributed by atoms with E-state index in [2.05, 4.69) is 9.24 Å².